The van der Waals surface area contributed by atoms with Crippen LogP contribution in [0.4, 0.5) is 0 Å². The lowest BCUT2D eigenvalue weighted by Crippen LogP contribution is -2.40. The largest absolute Gasteiger partial charge is 0.511 e. The Morgan fingerprint density at radius 3 is 2.45 bits per heavy atom. The minimum Gasteiger partial charge on any atom is -0.511 e. The van der Waals surface area contributed by atoms with Crippen molar-refractivity contribution in [3.05, 3.63) is 40.9 Å². The van der Waals surface area contributed by atoms with Gasteiger partial charge in [0.1, 0.15) is 29.3 Å². The summed E-state index contributed by atoms with van der Waals surface area (Å²) in [6, 6.07) is 2.23. The van der Waals surface area contributed by atoms with Crippen molar-refractivity contribution in [3.63, 3.8) is 0 Å². The Morgan fingerprint density at radius 1 is 1.10 bits per heavy atom. The first-order chi connectivity index (χ1) is 9.40. The maximum Gasteiger partial charge on any atom is 0.181 e. The Bertz CT molecular complexity index is 685. The number of benzene rings is 1. The van der Waals surface area contributed by atoms with Crippen molar-refractivity contribution >= 4 is 5.78 Å². The van der Waals surface area contributed by atoms with E-state index in [9.17, 15) is 25.2 Å². The summed E-state index contributed by atoms with van der Waals surface area (Å²) in [6.45, 7) is 1.49. The molecule has 3 rings (SSSR count). The summed E-state index contributed by atoms with van der Waals surface area (Å²) in [5, 5.41) is 38.6. The van der Waals surface area contributed by atoms with E-state index < -0.39 is 29.3 Å². The topological polar surface area (TPSA) is 107 Å². The predicted octanol–water partition coefficient (Wildman–Crippen LogP) is 1.95. The number of Topliss-reactive ketones (excluding diaryl/α,β-unsaturated/α-hetero) is 1. The van der Waals surface area contributed by atoms with E-state index in [1.165, 1.54) is 13.0 Å². The molecule has 1 aliphatic carbocycles. The van der Waals surface area contributed by atoms with Crippen molar-refractivity contribution in [1.82, 2.24) is 0 Å². The summed E-state index contributed by atoms with van der Waals surface area (Å²) in [5.41, 5.74) is 0.297. The van der Waals surface area contributed by atoms with Gasteiger partial charge in [0.05, 0.1) is 5.56 Å². The molecule has 0 saturated heterocycles. The third-order valence-corrected chi connectivity index (χ3v) is 3.60. The highest BCUT2D eigenvalue weighted by atomic mass is 16.5. The fourth-order valence-electron chi connectivity index (χ4n) is 2.43. The molecule has 4 N–H and O–H groups in total. The van der Waals surface area contributed by atoms with E-state index in [2.05, 4.69) is 0 Å². The first kappa shape index (κ1) is 12.4. The number of carbonyl (C=O) groups is 1. The molecule has 6 heteroatoms. The molecule has 2 atom stereocenters. The normalized spacial score (nSPS) is 24.6. The van der Waals surface area contributed by atoms with Crippen LogP contribution in [0.1, 0.15) is 17.3 Å². The lowest BCUT2D eigenvalue weighted by atomic mass is 9.82. The molecule has 6 nitrogen and oxygen atoms in total. The summed E-state index contributed by atoms with van der Waals surface area (Å²) < 4.78 is 5.51. The number of phenolic OH excluding ortho intramolecular Hbond substituents is 2. The molecule has 2 aliphatic rings. The average molecular weight is 276 g/mol. The van der Waals surface area contributed by atoms with Gasteiger partial charge in [-0.15, -0.1) is 0 Å². The Morgan fingerprint density at radius 2 is 1.75 bits per heavy atom. The van der Waals surface area contributed by atoms with Crippen LogP contribution in [0.15, 0.2) is 35.3 Å². The van der Waals surface area contributed by atoms with Crippen LogP contribution in [-0.4, -0.2) is 32.3 Å². The van der Waals surface area contributed by atoms with Crippen molar-refractivity contribution in [3.8, 4) is 17.2 Å². The number of rotatable bonds is 0. The number of aromatic hydroxyl groups is 2. The highest BCUT2D eigenvalue weighted by molar-refractivity contribution is 6.04. The van der Waals surface area contributed by atoms with Crippen molar-refractivity contribution in [1.29, 1.82) is 0 Å². The highest BCUT2D eigenvalue weighted by Crippen LogP contribution is 2.42. The van der Waals surface area contributed by atoms with Gasteiger partial charge >= 0.3 is 0 Å². The molecule has 0 fully saturated rings. The molecule has 0 radical (unpaired) electrons. The van der Waals surface area contributed by atoms with E-state index in [1.54, 1.807) is 0 Å². The van der Waals surface area contributed by atoms with Gasteiger partial charge in [0.15, 0.2) is 17.3 Å². The lowest BCUT2D eigenvalue weighted by Gasteiger charge is -2.33. The zero-order valence-corrected chi connectivity index (χ0v) is 10.5. The number of aliphatic hydroxyl groups excluding tert-OH is 2. The van der Waals surface area contributed by atoms with Gasteiger partial charge in [0.2, 0.25) is 0 Å². The van der Waals surface area contributed by atoms with Gasteiger partial charge in [-0.25, -0.2) is 0 Å². The second-order valence-corrected chi connectivity index (χ2v) is 4.82. The average Bonchev–Trinajstić information content (AvgIpc) is 2.39. The molecule has 1 aliphatic heterocycles. The molecule has 0 bridgehead atoms. The van der Waals surface area contributed by atoms with Crippen LogP contribution >= 0.6 is 0 Å². The number of carbonyl (C=O) groups excluding carboxylic acids is 1. The minimum absolute atomic E-state index is 0.0793. The van der Waals surface area contributed by atoms with E-state index in [-0.39, 0.29) is 28.4 Å². The van der Waals surface area contributed by atoms with E-state index in [1.807, 2.05) is 0 Å². The van der Waals surface area contributed by atoms with Gasteiger partial charge in [-0.05, 0) is 19.1 Å². The van der Waals surface area contributed by atoms with Crippen LogP contribution in [0.5, 0.6) is 17.2 Å². The summed E-state index contributed by atoms with van der Waals surface area (Å²) >= 11 is 0. The molecule has 104 valence electrons. The summed E-state index contributed by atoms with van der Waals surface area (Å²) in [7, 11) is 0. The Hall–Kier alpha value is -2.63. The molecule has 0 saturated carbocycles. The van der Waals surface area contributed by atoms with Crippen LogP contribution in [0.25, 0.3) is 0 Å². The zero-order chi connectivity index (χ0) is 14.6. The SMILES string of the molecule is CC1=C(O)[C@H]2C(=O)c3cc(O)c(O)cc3O[C@H]2C=C1O. The molecule has 1 heterocycles. The molecule has 0 amide bonds. The standard InChI is InChI=1S/C14H12O6/c1-5-7(15)3-11-12(13(5)18)14(19)6-2-8(16)9(17)4-10(6)20-11/h2-4,11-12,15-18H,1H3/t11-,12-/m0/s1. The van der Waals surface area contributed by atoms with E-state index in [4.69, 9.17) is 4.74 Å². The number of fused-ring (bicyclic) bond motifs is 2. The van der Waals surface area contributed by atoms with E-state index in [0.29, 0.717) is 0 Å². The summed E-state index contributed by atoms with van der Waals surface area (Å²) in [4.78, 5) is 12.4. The van der Waals surface area contributed by atoms with Gasteiger partial charge < -0.3 is 25.2 Å². The van der Waals surface area contributed by atoms with Crippen molar-refractivity contribution in [2.24, 2.45) is 5.92 Å². The molecule has 1 aromatic rings. The fraction of sp³-hybridized carbons (Fsp3) is 0.214. The van der Waals surface area contributed by atoms with Crippen molar-refractivity contribution in [2.75, 3.05) is 0 Å². The van der Waals surface area contributed by atoms with Gasteiger partial charge in [0, 0.05) is 11.6 Å². The fourth-order valence-corrected chi connectivity index (χ4v) is 2.43. The third-order valence-electron chi connectivity index (χ3n) is 3.60. The van der Waals surface area contributed by atoms with E-state index >= 15 is 0 Å². The molecular formula is C14H12O6. The van der Waals surface area contributed by atoms with Crippen LogP contribution < -0.4 is 4.74 Å². The number of hydrogen-bond acceptors (Lipinski definition) is 6. The third kappa shape index (κ3) is 1.54. The second-order valence-electron chi connectivity index (χ2n) is 4.82. The number of hydrogen-bond donors (Lipinski definition) is 4. The van der Waals surface area contributed by atoms with Crippen LogP contribution in [0, 0.1) is 5.92 Å². The Labute approximate surface area is 113 Å². The summed E-state index contributed by atoms with van der Waals surface area (Å²) in [5.74, 6) is -2.54. The number of ether oxygens (including phenoxy) is 1. The Balaban J connectivity index is 2.16. The quantitative estimate of drug-likeness (QED) is 0.539. The van der Waals surface area contributed by atoms with Crippen molar-refractivity contribution < 1.29 is 30.0 Å². The van der Waals surface area contributed by atoms with Gasteiger partial charge in [-0.1, -0.05) is 0 Å². The highest BCUT2D eigenvalue weighted by Gasteiger charge is 2.43. The van der Waals surface area contributed by atoms with E-state index in [0.717, 1.165) is 12.1 Å². The van der Waals surface area contributed by atoms with Crippen LogP contribution in [0.2, 0.25) is 0 Å². The first-order valence-electron chi connectivity index (χ1n) is 5.98. The molecule has 0 spiro atoms. The first-order valence-corrected chi connectivity index (χ1v) is 5.98. The van der Waals surface area contributed by atoms with Crippen molar-refractivity contribution in [2.45, 2.75) is 13.0 Å². The predicted molar refractivity (Wildman–Crippen MR) is 68.0 cm³/mol. The zero-order valence-electron chi connectivity index (χ0n) is 10.5. The summed E-state index contributed by atoms with van der Waals surface area (Å²) in [6.07, 6.45) is 0.493. The molecule has 1 aromatic carbocycles. The van der Waals surface area contributed by atoms with Gasteiger partial charge in [-0.3, -0.25) is 4.79 Å². The number of allylic oxidation sites excluding steroid dienone is 1. The Kier molecular flexibility index (Phi) is 2.44. The second kappa shape index (κ2) is 3.93. The lowest BCUT2D eigenvalue weighted by molar-refractivity contribution is 0.0712. The number of aliphatic hydroxyl groups is 2. The maximum atomic E-state index is 12.4. The molecule has 0 unspecified atom stereocenters. The molecule has 20 heavy (non-hydrogen) atoms. The molecule has 0 aromatic heterocycles. The van der Waals surface area contributed by atoms with Gasteiger partial charge in [0.25, 0.3) is 0 Å². The molecular weight excluding hydrogens is 264 g/mol. The number of ketones is 1. The van der Waals surface area contributed by atoms with Crippen LogP contribution in [-0.2, 0) is 0 Å². The number of phenols is 2. The maximum absolute atomic E-state index is 12.4. The smallest absolute Gasteiger partial charge is 0.181 e. The van der Waals surface area contributed by atoms with Crippen LogP contribution in [0.3, 0.4) is 0 Å². The monoisotopic (exact) mass is 276 g/mol. The minimum atomic E-state index is -0.956. The van der Waals surface area contributed by atoms with Gasteiger partial charge in [-0.2, -0.15) is 0 Å².